The molecule has 0 aromatic rings. The first-order valence-electron chi connectivity index (χ1n) is 6.97. The second kappa shape index (κ2) is 10.5. The lowest BCUT2D eigenvalue weighted by Gasteiger charge is -2.16. The monoisotopic (exact) mass is 213 g/mol. The van der Waals surface area contributed by atoms with E-state index in [0.29, 0.717) is 6.04 Å². The van der Waals surface area contributed by atoms with Gasteiger partial charge in [0.15, 0.2) is 0 Å². The van der Waals surface area contributed by atoms with Crippen molar-refractivity contribution in [1.29, 1.82) is 0 Å². The summed E-state index contributed by atoms with van der Waals surface area (Å²) in [6.45, 7) is 10.2. The lowest BCUT2D eigenvalue weighted by Crippen LogP contribution is -2.25. The third-order valence-corrected chi connectivity index (χ3v) is 3.35. The Morgan fingerprint density at radius 1 is 0.933 bits per heavy atom. The van der Waals surface area contributed by atoms with Crippen molar-refractivity contribution in [2.24, 2.45) is 5.92 Å². The Bertz CT molecular complexity index is 123. The minimum absolute atomic E-state index is 0.707. The predicted octanol–water partition coefficient (Wildman–Crippen LogP) is 4.37. The Morgan fingerprint density at radius 2 is 1.60 bits per heavy atom. The zero-order chi connectivity index (χ0) is 11.5. The zero-order valence-corrected chi connectivity index (χ0v) is 11.3. The van der Waals surface area contributed by atoms with E-state index >= 15 is 0 Å². The van der Waals surface area contributed by atoms with E-state index < -0.39 is 0 Å². The van der Waals surface area contributed by atoms with Crippen LogP contribution in [0.4, 0.5) is 0 Å². The van der Waals surface area contributed by atoms with Crippen LogP contribution in [0.2, 0.25) is 0 Å². The fourth-order valence-electron chi connectivity index (χ4n) is 2.21. The number of nitrogens with one attached hydrogen (secondary N) is 1. The molecule has 0 rings (SSSR count). The molecule has 0 saturated carbocycles. The van der Waals surface area contributed by atoms with Gasteiger partial charge in [-0.05, 0) is 25.8 Å². The van der Waals surface area contributed by atoms with E-state index in [2.05, 4.69) is 33.0 Å². The van der Waals surface area contributed by atoms with E-state index in [1.54, 1.807) is 0 Å². The second-order valence-corrected chi connectivity index (χ2v) is 4.81. The highest BCUT2D eigenvalue weighted by Gasteiger charge is 2.06. The number of rotatable bonds is 10. The van der Waals surface area contributed by atoms with Crippen molar-refractivity contribution in [1.82, 2.24) is 5.32 Å². The van der Waals surface area contributed by atoms with Crippen LogP contribution < -0.4 is 5.32 Å². The highest BCUT2D eigenvalue weighted by Crippen LogP contribution is 2.19. The van der Waals surface area contributed by atoms with Crippen LogP contribution in [0.25, 0.3) is 0 Å². The van der Waals surface area contributed by atoms with Crippen molar-refractivity contribution >= 4 is 0 Å². The summed E-state index contributed by atoms with van der Waals surface area (Å²) in [4.78, 5) is 0. The quantitative estimate of drug-likeness (QED) is 0.568. The molecule has 2 unspecified atom stereocenters. The Morgan fingerprint density at radius 3 is 2.13 bits per heavy atom. The highest BCUT2D eigenvalue weighted by molar-refractivity contribution is 4.63. The third-order valence-electron chi connectivity index (χ3n) is 3.35. The topological polar surface area (TPSA) is 12.0 Å². The summed E-state index contributed by atoms with van der Waals surface area (Å²) in [6.07, 6.45) is 9.77. The molecule has 0 aliphatic heterocycles. The van der Waals surface area contributed by atoms with Crippen LogP contribution in [-0.2, 0) is 0 Å². The van der Waals surface area contributed by atoms with Crippen molar-refractivity contribution in [2.45, 2.75) is 78.7 Å². The van der Waals surface area contributed by atoms with Crippen molar-refractivity contribution in [3.8, 4) is 0 Å². The normalized spacial score (nSPS) is 15.2. The minimum Gasteiger partial charge on any atom is -0.315 e. The van der Waals surface area contributed by atoms with E-state index in [9.17, 15) is 0 Å². The van der Waals surface area contributed by atoms with Crippen LogP contribution in [-0.4, -0.2) is 12.6 Å². The molecule has 92 valence electrons. The van der Waals surface area contributed by atoms with Crippen LogP contribution in [0.1, 0.15) is 72.6 Å². The first kappa shape index (κ1) is 15.0. The molecule has 0 radical (unpaired) electrons. The first-order chi connectivity index (χ1) is 7.24. The molecule has 0 aliphatic carbocycles. The lowest BCUT2D eigenvalue weighted by atomic mass is 9.93. The molecule has 15 heavy (non-hydrogen) atoms. The van der Waals surface area contributed by atoms with E-state index in [0.717, 1.165) is 12.5 Å². The van der Waals surface area contributed by atoms with Gasteiger partial charge < -0.3 is 5.32 Å². The minimum atomic E-state index is 0.707. The summed E-state index contributed by atoms with van der Waals surface area (Å²) in [5.74, 6) is 0.985. The maximum absolute atomic E-state index is 3.48. The van der Waals surface area contributed by atoms with Gasteiger partial charge in [-0.3, -0.25) is 0 Å². The van der Waals surface area contributed by atoms with Gasteiger partial charge in [0.05, 0.1) is 0 Å². The van der Waals surface area contributed by atoms with Gasteiger partial charge in [-0.15, -0.1) is 0 Å². The Balaban J connectivity index is 3.44. The van der Waals surface area contributed by atoms with Gasteiger partial charge in [-0.25, -0.2) is 0 Å². The van der Waals surface area contributed by atoms with Gasteiger partial charge >= 0.3 is 0 Å². The molecule has 0 fully saturated rings. The highest BCUT2D eigenvalue weighted by atomic mass is 14.9. The van der Waals surface area contributed by atoms with Crippen molar-refractivity contribution in [2.75, 3.05) is 6.54 Å². The van der Waals surface area contributed by atoms with Crippen molar-refractivity contribution in [3.05, 3.63) is 0 Å². The van der Waals surface area contributed by atoms with Crippen molar-refractivity contribution in [3.63, 3.8) is 0 Å². The average Bonchev–Trinajstić information content (AvgIpc) is 2.23. The molecule has 0 aromatic carbocycles. The summed E-state index contributed by atoms with van der Waals surface area (Å²) in [5.41, 5.74) is 0. The molecular formula is C14H31N. The summed E-state index contributed by atoms with van der Waals surface area (Å²) in [7, 11) is 0. The Labute approximate surface area is 97.0 Å². The molecular weight excluding hydrogens is 182 g/mol. The standard InChI is InChI=1S/C14H31N/c1-5-8-11-14(6-2)12-9-10-13(4)15-7-3/h13-15H,5-12H2,1-4H3. The molecule has 0 heterocycles. The summed E-state index contributed by atoms with van der Waals surface area (Å²) in [5, 5.41) is 3.48. The van der Waals surface area contributed by atoms with Crippen LogP contribution in [0.5, 0.6) is 0 Å². The fourth-order valence-corrected chi connectivity index (χ4v) is 2.21. The summed E-state index contributed by atoms with van der Waals surface area (Å²) >= 11 is 0. The smallest absolute Gasteiger partial charge is 0.00386 e. The predicted molar refractivity (Wildman–Crippen MR) is 70.3 cm³/mol. The largest absolute Gasteiger partial charge is 0.315 e. The number of hydrogen-bond acceptors (Lipinski definition) is 1. The molecule has 0 aliphatic rings. The van der Waals surface area contributed by atoms with E-state index in [1.165, 1.54) is 44.9 Å². The van der Waals surface area contributed by atoms with E-state index in [1.807, 2.05) is 0 Å². The summed E-state index contributed by atoms with van der Waals surface area (Å²) < 4.78 is 0. The van der Waals surface area contributed by atoms with Gasteiger partial charge in [0, 0.05) is 6.04 Å². The summed E-state index contributed by atoms with van der Waals surface area (Å²) in [6, 6.07) is 0.707. The second-order valence-electron chi connectivity index (χ2n) is 4.81. The molecule has 1 N–H and O–H groups in total. The van der Waals surface area contributed by atoms with Gasteiger partial charge in [-0.1, -0.05) is 59.3 Å². The Hall–Kier alpha value is -0.0400. The van der Waals surface area contributed by atoms with Crippen LogP contribution in [0, 0.1) is 5.92 Å². The first-order valence-corrected chi connectivity index (χ1v) is 6.97. The van der Waals surface area contributed by atoms with Gasteiger partial charge in [0.2, 0.25) is 0 Å². The molecule has 0 bridgehead atoms. The molecule has 0 amide bonds. The lowest BCUT2D eigenvalue weighted by molar-refractivity contribution is 0.388. The molecule has 0 aromatic heterocycles. The van der Waals surface area contributed by atoms with Gasteiger partial charge in [0.1, 0.15) is 0 Å². The van der Waals surface area contributed by atoms with E-state index in [-0.39, 0.29) is 0 Å². The van der Waals surface area contributed by atoms with E-state index in [4.69, 9.17) is 0 Å². The third kappa shape index (κ3) is 8.92. The van der Waals surface area contributed by atoms with Crippen LogP contribution >= 0.6 is 0 Å². The maximum atomic E-state index is 3.48. The maximum Gasteiger partial charge on any atom is 0.00386 e. The number of unbranched alkanes of at least 4 members (excludes halogenated alkanes) is 1. The van der Waals surface area contributed by atoms with Crippen LogP contribution in [0.3, 0.4) is 0 Å². The fraction of sp³-hybridized carbons (Fsp3) is 1.00. The SMILES string of the molecule is CCCCC(CC)CCCC(C)NCC. The van der Waals surface area contributed by atoms with Crippen molar-refractivity contribution < 1.29 is 0 Å². The molecule has 0 saturated heterocycles. The van der Waals surface area contributed by atoms with Crippen LogP contribution in [0.15, 0.2) is 0 Å². The average molecular weight is 213 g/mol. The zero-order valence-electron chi connectivity index (χ0n) is 11.3. The van der Waals surface area contributed by atoms with Gasteiger partial charge in [0.25, 0.3) is 0 Å². The molecule has 0 spiro atoms. The molecule has 2 atom stereocenters. The number of hydrogen-bond donors (Lipinski definition) is 1. The molecule has 1 nitrogen and oxygen atoms in total. The molecule has 1 heteroatoms. The Kier molecular flexibility index (Phi) is 10.4. The van der Waals surface area contributed by atoms with Gasteiger partial charge in [-0.2, -0.15) is 0 Å².